The monoisotopic (exact) mass is 1090 g/mol. The van der Waals surface area contributed by atoms with Gasteiger partial charge in [0.15, 0.2) is 0 Å². The Morgan fingerprint density at radius 3 is 1.33 bits per heavy atom. The summed E-state index contributed by atoms with van der Waals surface area (Å²) in [7, 11) is 0. The van der Waals surface area contributed by atoms with Gasteiger partial charge in [0.2, 0.25) is 0 Å². The van der Waals surface area contributed by atoms with Crippen LogP contribution in [0.2, 0.25) is 0 Å². The third-order valence-corrected chi connectivity index (χ3v) is 29.4. The number of esters is 2. The molecule has 2 aliphatic heterocycles. The molecule has 10 nitrogen and oxygen atoms in total. The standard InChI is InChI=1S/C32H52O5.C32H52O4.C4H8O/c1-20(34)36-19-32-14-9-22(31(6)18-37-31)26(32)21-7-8-24-27(2)12-11-25(35)28(3,17-33)23(27)10-13-30(24,5)29(21,4)15-16-32;1-20(2)22-10-15-32(19-36-21(3)34)17-16-30(6)23(27(22)32)8-9-25-28(4)13-12-26(35)29(5,18-33)24(28)11-14-31(25,30)7;1-2-4-5-3-1/h21-26,33,35H,7-19H2,1-6H3;22-27,33,35H,1,8-19H2,2-7H3;1-4H2/t21?,22-,23?,24?,25+,26?,27+,28+,29-,30-,31?,32-;22-,23?,24?,25?,26-,27?,28-,29-,30+,31+,32+;/m10./s1. The molecule has 12 aliphatic rings. The lowest BCUT2D eigenvalue weighted by Crippen LogP contribution is -2.67. The lowest BCUT2D eigenvalue weighted by atomic mass is 9.32. The van der Waals surface area contributed by atoms with Gasteiger partial charge in [-0.3, -0.25) is 9.59 Å². The Morgan fingerprint density at radius 1 is 0.500 bits per heavy atom. The maximum absolute atomic E-state index is 11.9. The highest BCUT2D eigenvalue weighted by atomic mass is 16.6. The molecule has 12 rings (SSSR count). The van der Waals surface area contributed by atoms with Crippen LogP contribution in [-0.4, -0.2) is 96.4 Å². The van der Waals surface area contributed by atoms with Crippen LogP contribution in [0.25, 0.3) is 0 Å². The Kier molecular flexibility index (Phi) is 15.7. The van der Waals surface area contributed by atoms with Gasteiger partial charge in [0.25, 0.3) is 0 Å². The topological polar surface area (TPSA) is 155 Å². The molecule has 0 aromatic heterocycles. The van der Waals surface area contributed by atoms with Gasteiger partial charge in [0.05, 0.1) is 50.8 Å². The quantitative estimate of drug-likeness (QED) is 0.105. The van der Waals surface area contributed by atoms with Crippen molar-refractivity contribution in [1.29, 1.82) is 0 Å². The summed E-state index contributed by atoms with van der Waals surface area (Å²) >= 11 is 0. The number of hydrogen-bond acceptors (Lipinski definition) is 10. The van der Waals surface area contributed by atoms with Gasteiger partial charge in [-0.15, -0.1) is 0 Å². The van der Waals surface area contributed by atoms with Crippen LogP contribution in [0.15, 0.2) is 12.2 Å². The van der Waals surface area contributed by atoms with Crippen LogP contribution in [0.3, 0.4) is 0 Å². The van der Waals surface area contributed by atoms with Gasteiger partial charge in [-0.2, -0.15) is 0 Å². The van der Waals surface area contributed by atoms with Gasteiger partial charge < -0.3 is 39.4 Å². The first-order chi connectivity index (χ1) is 36.6. The molecule has 10 saturated carbocycles. The summed E-state index contributed by atoms with van der Waals surface area (Å²) in [6, 6.07) is 0. The first-order valence-electron chi connectivity index (χ1n) is 32.3. The minimum atomic E-state index is -0.401. The average molecular weight is 1090 g/mol. The van der Waals surface area contributed by atoms with E-state index in [1.165, 1.54) is 82.6 Å². The van der Waals surface area contributed by atoms with Gasteiger partial charge in [0, 0.05) is 48.7 Å². The van der Waals surface area contributed by atoms with Crippen molar-refractivity contribution in [3.8, 4) is 0 Å². The number of rotatable bonds is 8. The Morgan fingerprint density at radius 2 is 0.936 bits per heavy atom. The number of aliphatic hydroxyl groups excluding tert-OH is 4. The molecule has 0 aromatic rings. The molecular weight excluding hydrogens is 977 g/mol. The van der Waals surface area contributed by atoms with E-state index < -0.39 is 23.0 Å². The lowest BCUT2D eigenvalue weighted by molar-refractivity contribution is -0.257. The Balaban J connectivity index is 0.000000162. The Hall–Kier alpha value is -1.56. The van der Waals surface area contributed by atoms with Gasteiger partial charge in [0.1, 0.15) is 0 Å². The van der Waals surface area contributed by atoms with Crippen molar-refractivity contribution in [3.05, 3.63) is 12.2 Å². The van der Waals surface area contributed by atoms with Crippen LogP contribution in [0.5, 0.6) is 0 Å². The molecule has 0 radical (unpaired) electrons. The van der Waals surface area contributed by atoms with E-state index in [9.17, 15) is 30.0 Å². The maximum Gasteiger partial charge on any atom is 0.302 e. The number of epoxide rings is 1. The number of carbonyl (C=O) groups is 2. The molecule has 10 aliphatic carbocycles. The first kappa shape index (κ1) is 59.6. The minimum absolute atomic E-state index is 0.00469. The van der Waals surface area contributed by atoms with E-state index in [0.717, 1.165) is 84.0 Å². The number of allylic oxidation sites excluding steroid dienone is 1. The number of ether oxygens (including phenoxy) is 4. The second-order valence-electron chi connectivity index (χ2n) is 32.2. The van der Waals surface area contributed by atoms with Gasteiger partial charge in [-0.05, 0) is 247 Å². The summed E-state index contributed by atoms with van der Waals surface area (Å²) in [4.78, 5) is 23.8. The summed E-state index contributed by atoms with van der Waals surface area (Å²) in [5, 5.41) is 42.9. The van der Waals surface area contributed by atoms with E-state index in [1.54, 1.807) is 13.8 Å². The second-order valence-corrected chi connectivity index (χ2v) is 32.2. The highest BCUT2D eigenvalue weighted by Crippen LogP contribution is 2.80. The SMILES string of the molecule is C1CCOC1.C=C(C)[C@@H]1CC[C@]2(COC(C)=O)CC[C@]3(C)C(CCC4[C@@]5(C)CC[C@H](O)[C@@](C)(CO)C5CC[C@]43C)C12.CC(=O)OC[C@]12CC[C@@H](C3(C)CO3)C1C1CCC3[C@@]4(C)CC[C@H](O)[C@@](C)(CO)C4CC[C@@]3(C)[C@]1(C)CC2. The van der Waals surface area contributed by atoms with Crippen molar-refractivity contribution in [3.63, 3.8) is 0 Å². The smallest absolute Gasteiger partial charge is 0.302 e. The number of hydrogen-bond donors (Lipinski definition) is 4. The van der Waals surface area contributed by atoms with Crippen LogP contribution in [0.1, 0.15) is 224 Å². The summed E-state index contributed by atoms with van der Waals surface area (Å²) in [5.41, 5.74) is 2.03. The Bertz CT molecular complexity index is 2230. The highest BCUT2D eigenvalue weighted by Gasteiger charge is 2.75. The van der Waals surface area contributed by atoms with Gasteiger partial charge in [-0.1, -0.05) is 67.5 Å². The highest BCUT2D eigenvalue weighted by molar-refractivity contribution is 5.66. The molecule has 4 N–H and O–H groups in total. The van der Waals surface area contributed by atoms with Crippen LogP contribution < -0.4 is 0 Å². The van der Waals surface area contributed by atoms with Crippen molar-refractivity contribution in [2.24, 2.45) is 113 Å². The molecule has 2 saturated heterocycles. The van der Waals surface area contributed by atoms with E-state index in [0.29, 0.717) is 72.4 Å². The van der Waals surface area contributed by atoms with Crippen molar-refractivity contribution in [1.82, 2.24) is 0 Å². The van der Waals surface area contributed by atoms with Crippen LogP contribution in [0, 0.1) is 113 Å². The van der Waals surface area contributed by atoms with E-state index in [1.807, 2.05) is 0 Å². The van der Waals surface area contributed by atoms with E-state index in [-0.39, 0.29) is 74.1 Å². The van der Waals surface area contributed by atoms with Crippen LogP contribution in [-0.2, 0) is 28.5 Å². The molecule has 0 amide bonds. The predicted octanol–water partition coefficient (Wildman–Crippen LogP) is 13.1. The van der Waals surface area contributed by atoms with E-state index in [2.05, 4.69) is 75.8 Å². The Labute approximate surface area is 472 Å². The average Bonchev–Trinajstić information content (AvgIpc) is 2.52. The van der Waals surface area contributed by atoms with E-state index >= 15 is 0 Å². The normalized spacial score (nSPS) is 54.2. The van der Waals surface area contributed by atoms with Gasteiger partial charge in [-0.25, -0.2) is 0 Å². The molecule has 9 unspecified atom stereocenters. The zero-order valence-corrected chi connectivity index (χ0v) is 51.4. The summed E-state index contributed by atoms with van der Waals surface area (Å²) in [6.45, 7) is 36.2. The number of carbonyl (C=O) groups excluding carboxylic acids is 2. The molecule has 0 aromatic carbocycles. The fourth-order valence-corrected chi connectivity index (χ4v) is 24.6. The fraction of sp³-hybridized carbons (Fsp3) is 0.941. The minimum Gasteiger partial charge on any atom is -0.465 e. The second kappa shape index (κ2) is 20.6. The first-order valence-corrected chi connectivity index (χ1v) is 32.3. The summed E-state index contributed by atoms with van der Waals surface area (Å²) < 4.78 is 22.7. The molecule has 12 fully saturated rings. The molecule has 0 bridgehead atoms. The number of aliphatic hydroxyl groups is 4. The zero-order chi connectivity index (χ0) is 56.5. The van der Waals surface area contributed by atoms with Crippen LogP contribution >= 0.6 is 0 Å². The maximum atomic E-state index is 11.9. The van der Waals surface area contributed by atoms with Crippen LogP contribution in [0.4, 0.5) is 0 Å². The fourth-order valence-electron chi connectivity index (χ4n) is 24.6. The molecule has 444 valence electrons. The predicted molar refractivity (Wildman–Crippen MR) is 306 cm³/mol. The molecule has 2 heterocycles. The number of fused-ring (bicyclic) bond motifs is 14. The zero-order valence-electron chi connectivity index (χ0n) is 51.4. The van der Waals surface area contributed by atoms with Crippen molar-refractivity contribution in [2.75, 3.05) is 46.2 Å². The molecular formula is C68H112O10. The molecule has 10 heteroatoms. The summed E-state index contributed by atoms with van der Waals surface area (Å²) in [6.07, 6.45) is 24.5. The van der Waals surface area contributed by atoms with Crippen molar-refractivity contribution in [2.45, 2.75) is 242 Å². The molecule has 78 heavy (non-hydrogen) atoms. The lowest BCUT2D eigenvalue weighted by Gasteiger charge is -2.73. The van der Waals surface area contributed by atoms with Crippen molar-refractivity contribution >= 4 is 11.9 Å². The molecule has 23 atom stereocenters. The molecule has 0 spiro atoms. The van der Waals surface area contributed by atoms with Crippen molar-refractivity contribution < 1.29 is 49.0 Å². The largest absolute Gasteiger partial charge is 0.465 e. The third kappa shape index (κ3) is 8.73. The van der Waals surface area contributed by atoms with E-state index in [4.69, 9.17) is 18.9 Å². The summed E-state index contributed by atoms with van der Waals surface area (Å²) in [5.74, 6) is 5.13. The van der Waals surface area contributed by atoms with Gasteiger partial charge >= 0.3 is 11.9 Å². The third-order valence-electron chi connectivity index (χ3n) is 29.4.